The number of hydrogen-bond donors (Lipinski definition) is 1. The lowest BCUT2D eigenvalue weighted by Crippen LogP contribution is -2.06. The third kappa shape index (κ3) is 3.13. The minimum atomic E-state index is -0.324. The van der Waals surface area contributed by atoms with Crippen molar-refractivity contribution in [2.75, 3.05) is 12.4 Å². The third-order valence-electron chi connectivity index (χ3n) is 2.92. The second-order valence-corrected chi connectivity index (χ2v) is 4.09. The van der Waals surface area contributed by atoms with Crippen LogP contribution in [0, 0.1) is 0 Å². The molecule has 0 atom stereocenters. The van der Waals surface area contributed by atoms with Crippen LogP contribution in [0.25, 0.3) is 0 Å². The normalized spacial score (nSPS) is 10.2. The Morgan fingerprint density at radius 1 is 1.37 bits per heavy atom. The number of hydrogen-bond acceptors (Lipinski definition) is 4. The number of benzene rings is 1. The first-order valence-corrected chi connectivity index (χ1v) is 6.16. The van der Waals surface area contributed by atoms with Crippen LogP contribution in [0.15, 0.2) is 36.8 Å². The Balaban J connectivity index is 1.98. The van der Waals surface area contributed by atoms with Gasteiger partial charge in [0, 0.05) is 18.4 Å². The highest BCUT2D eigenvalue weighted by molar-refractivity contribution is 5.89. The first kappa shape index (κ1) is 13.1. The third-order valence-corrected chi connectivity index (χ3v) is 2.92. The van der Waals surface area contributed by atoms with Crippen LogP contribution in [0.2, 0.25) is 0 Å². The summed E-state index contributed by atoms with van der Waals surface area (Å²) in [5.41, 5.74) is 2.63. The Morgan fingerprint density at radius 3 is 2.74 bits per heavy atom. The Bertz CT molecular complexity index is 546. The molecule has 0 fully saturated rings. The van der Waals surface area contributed by atoms with Gasteiger partial charge in [-0.25, -0.2) is 9.78 Å². The van der Waals surface area contributed by atoms with E-state index in [2.05, 4.69) is 26.5 Å². The molecule has 19 heavy (non-hydrogen) atoms. The van der Waals surface area contributed by atoms with Gasteiger partial charge in [0.2, 0.25) is 0 Å². The van der Waals surface area contributed by atoms with Gasteiger partial charge in [-0.3, -0.25) is 0 Å². The zero-order chi connectivity index (χ0) is 13.7. The number of rotatable bonds is 5. The van der Waals surface area contributed by atoms with Crippen LogP contribution in [-0.4, -0.2) is 22.6 Å². The molecule has 5 heteroatoms. The molecule has 1 N–H and O–H groups in total. The van der Waals surface area contributed by atoms with E-state index in [0.29, 0.717) is 12.1 Å². The van der Waals surface area contributed by atoms with Crippen molar-refractivity contribution in [3.8, 4) is 0 Å². The van der Waals surface area contributed by atoms with E-state index in [1.165, 1.54) is 7.11 Å². The highest BCUT2D eigenvalue weighted by Crippen LogP contribution is 2.12. The van der Waals surface area contributed by atoms with E-state index in [0.717, 1.165) is 17.9 Å². The summed E-state index contributed by atoms with van der Waals surface area (Å²) in [4.78, 5) is 15.4. The molecule has 0 aliphatic carbocycles. The van der Waals surface area contributed by atoms with Crippen LogP contribution in [0.3, 0.4) is 0 Å². The molecule has 1 aromatic heterocycles. The van der Waals surface area contributed by atoms with Crippen molar-refractivity contribution < 1.29 is 9.53 Å². The molecule has 0 saturated heterocycles. The van der Waals surface area contributed by atoms with Gasteiger partial charge in [0.25, 0.3) is 0 Å². The fourth-order valence-corrected chi connectivity index (χ4v) is 1.81. The molecule has 1 heterocycles. The maximum absolute atomic E-state index is 11.3. The summed E-state index contributed by atoms with van der Waals surface area (Å²) in [6, 6.07) is 7.20. The quantitative estimate of drug-likeness (QED) is 0.837. The smallest absolute Gasteiger partial charge is 0.337 e. The van der Waals surface area contributed by atoms with E-state index in [4.69, 9.17) is 0 Å². The molecule has 0 aliphatic rings. The van der Waals surface area contributed by atoms with Crippen LogP contribution < -0.4 is 5.32 Å². The maximum Gasteiger partial charge on any atom is 0.337 e. The van der Waals surface area contributed by atoms with Crippen LogP contribution in [0.4, 0.5) is 5.69 Å². The molecular formula is C14H17N3O2. The Kier molecular flexibility index (Phi) is 4.18. The average Bonchev–Trinajstić information content (AvgIpc) is 2.92. The number of aromatic nitrogens is 2. The van der Waals surface area contributed by atoms with Crippen LogP contribution in [0.1, 0.15) is 23.0 Å². The van der Waals surface area contributed by atoms with Gasteiger partial charge in [-0.1, -0.05) is 0 Å². The summed E-state index contributed by atoms with van der Waals surface area (Å²) >= 11 is 0. The molecule has 100 valence electrons. The first-order valence-electron chi connectivity index (χ1n) is 6.16. The van der Waals surface area contributed by atoms with Gasteiger partial charge in [-0.15, -0.1) is 0 Å². The van der Waals surface area contributed by atoms with Crippen LogP contribution in [0.5, 0.6) is 0 Å². The van der Waals surface area contributed by atoms with Gasteiger partial charge in [0.05, 0.1) is 31.2 Å². The first-order chi connectivity index (χ1) is 9.24. The van der Waals surface area contributed by atoms with E-state index in [1.807, 2.05) is 24.7 Å². The highest BCUT2D eigenvalue weighted by Gasteiger charge is 2.04. The lowest BCUT2D eigenvalue weighted by Gasteiger charge is -2.08. The summed E-state index contributed by atoms with van der Waals surface area (Å²) in [6.45, 7) is 3.68. The molecular weight excluding hydrogens is 242 g/mol. The van der Waals surface area contributed by atoms with Crippen molar-refractivity contribution in [2.45, 2.75) is 20.0 Å². The van der Waals surface area contributed by atoms with Gasteiger partial charge in [0.15, 0.2) is 0 Å². The Morgan fingerprint density at radius 2 is 2.11 bits per heavy atom. The highest BCUT2D eigenvalue weighted by atomic mass is 16.5. The van der Waals surface area contributed by atoms with E-state index in [1.54, 1.807) is 12.1 Å². The van der Waals surface area contributed by atoms with Gasteiger partial charge in [-0.05, 0) is 31.2 Å². The van der Waals surface area contributed by atoms with Gasteiger partial charge in [0.1, 0.15) is 0 Å². The molecule has 0 saturated carbocycles. The van der Waals surface area contributed by atoms with Gasteiger partial charge >= 0.3 is 5.97 Å². The summed E-state index contributed by atoms with van der Waals surface area (Å²) in [6.07, 6.45) is 3.66. The Hall–Kier alpha value is -2.30. The van der Waals surface area contributed by atoms with Gasteiger partial charge < -0.3 is 14.6 Å². The molecule has 0 spiro atoms. The predicted molar refractivity (Wildman–Crippen MR) is 73.0 cm³/mol. The van der Waals surface area contributed by atoms with Crippen LogP contribution >= 0.6 is 0 Å². The molecule has 2 rings (SSSR count). The number of aryl methyl sites for hydroxylation is 1. The number of esters is 1. The lowest BCUT2D eigenvalue weighted by atomic mass is 10.2. The summed E-state index contributed by atoms with van der Waals surface area (Å²) in [7, 11) is 1.38. The number of nitrogens with one attached hydrogen (secondary N) is 1. The van der Waals surface area contributed by atoms with Crippen molar-refractivity contribution in [3.05, 3.63) is 48.0 Å². The maximum atomic E-state index is 11.3. The van der Waals surface area contributed by atoms with Crippen molar-refractivity contribution in [2.24, 2.45) is 0 Å². The molecule has 0 amide bonds. The zero-order valence-corrected chi connectivity index (χ0v) is 11.1. The lowest BCUT2D eigenvalue weighted by molar-refractivity contribution is 0.0601. The number of ether oxygens (including phenoxy) is 1. The monoisotopic (exact) mass is 259 g/mol. The SMILES string of the molecule is CCn1cncc1CNc1ccc(C(=O)OC)cc1. The number of methoxy groups -OCH3 is 1. The van der Waals surface area contributed by atoms with Crippen molar-refractivity contribution in [3.63, 3.8) is 0 Å². The number of carbonyl (C=O) groups is 1. The van der Waals surface area contributed by atoms with E-state index >= 15 is 0 Å². The van der Waals surface area contributed by atoms with Crippen LogP contribution in [-0.2, 0) is 17.8 Å². The van der Waals surface area contributed by atoms with Crippen molar-refractivity contribution in [1.82, 2.24) is 9.55 Å². The van der Waals surface area contributed by atoms with E-state index in [9.17, 15) is 4.79 Å². The molecule has 1 aromatic carbocycles. The topological polar surface area (TPSA) is 56.2 Å². The van der Waals surface area contributed by atoms with Gasteiger partial charge in [-0.2, -0.15) is 0 Å². The largest absolute Gasteiger partial charge is 0.465 e. The minimum absolute atomic E-state index is 0.324. The predicted octanol–water partition coefficient (Wildman–Crippen LogP) is 2.30. The van der Waals surface area contributed by atoms with E-state index < -0.39 is 0 Å². The zero-order valence-electron chi connectivity index (χ0n) is 11.1. The molecule has 0 aliphatic heterocycles. The number of imidazole rings is 1. The Labute approximate surface area is 112 Å². The standard InChI is InChI=1S/C14H17N3O2/c1-3-17-10-15-8-13(17)9-16-12-6-4-11(5-7-12)14(18)19-2/h4-8,10,16H,3,9H2,1-2H3. The fraction of sp³-hybridized carbons (Fsp3) is 0.286. The number of anilines is 1. The van der Waals surface area contributed by atoms with E-state index in [-0.39, 0.29) is 5.97 Å². The minimum Gasteiger partial charge on any atom is -0.465 e. The molecule has 0 radical (unpaired) electrons. The molecule has 2 aromatic rings. The average molecular weight is 259 g/mol. The fourth-order valence-electron chi connectivity index (χ4n) is 1.81. The number of carbonyl (C=O) groups excluding carboxylic acids is 1. The number of nitrogens with zero attached hydrogens (tertiary/aromatic N) is 2. The molecule has 0 unspecified atom stereocenters. The van der Waals surface area contributed by atoms with Crippen molar-refractivity contribution >= 4 is 11.7 Å². The second-order valence-electron chi connectivity index (χ2n) is 4.09. The summed E-state index contributed by atoms with van der Waals surface area (Å²) < 4.78 is 6.73. The molecule has 5 nitrogen and oxygen atoms in total. The molecule has 0 bridgehead atoms. The van der Waals surface area contributed by atoms with Crippen molar-refractivity contribution in [1.29, 1.82) is 0 Å². The summed E-state index contributed by atoms with van der Waals surface area (Å²) in [5.74, 6) is -0.324. The second kappa shape index (κ2) is 6.04. The summed E-state index contributed by atoms with van der Waals surface area (Å²) in [5, 5.41) is 3.29.